The maximum atomic E-state index is 5.48. The van der Waals surface area contributed by atoms with E-state index in [9.17, 15) is 0 Å². The number of nitrogens with one attached hydrogen (secondary N) is 1. The maximum absolute atomic E-state index is 5.48. The highest BCUT2D eigenvalue weighted by molar-refractivity contribution is 5.46. The fourth-order valence-electron chi connectivity index (χ4n) is 3.26. The van der Waals surface area contributed by atoms with Gasteiger partial charge >= 0.3 is 0 Å². The van der Waals surface area contributed by atoms with Gasteiger partial charge in [0.1, 0.15) is 11.6 Å². The Balaban J connectivity index is 0.000000314. The van der Waals surface area contributed by atoms with Gasteiger partial charge in [-0.2, -0.15) is 0 Å². The van der Waals surface area contributed by atoms with Crippen molar-refractivity contribution < 1.29 is 0 Å². The third-order valence-electron chi connectivity index (χ3n) is 3.90. The fourth-order valence-corrected chi connectivity index (χ4v) is 3.26. The van der Waals surface area contributed by atoms with Crippen LogP contribution in [0, 0.1) is 33.1 Å². The topological polar surface area (TPSA) is 63.8 Å². The molecule has 144 valence electrons. The van der Waals surface area contributed by atoms with Gasteiger partial charge in [0.05, 0.1) is 0 Å². The Hall–Kier alpha value is -2.10. The molecule has 0 aliphatic carbocycles. The van der Waals surface area contributed by atoms with Crippen LogP contribution in [0.3, 0.4) is 0 Å². The van der Waals surface area contributed by atoms with Crippen molar-refractivity contribution in [2.75, 3.05) is 11.1 Å². The summed E-state index contributed by atoms with van der Waals surface area (Å²) in [6.45, 7) is 19.4. The predicted molar refractivity (Wildman–Crippen MR) is 114 cm³/mol. The number of pyridine rings is 2. The monoisotopic (exact) mass is 356 g/mol. The molecule has 2 aromatic heterocycles. The Morgan fingerprint density at radius 3 is 1.77 bits per heavy atom. The standard InChI is InChI=1S/C15H26N2.C7H10N2/c1-11-8-12(2)13(16-9-11)17-15(6,7)10-14(3,4)5;1-5-3-6(2)7(8)9-4-5/h8-9H,10H2,1-7H3,(H,16,17);3-4H,1-2H3,(H2,8,9). The summed E-state index contributed by atoms with van der Waals surface area (Å²) in [4.78, 5) is 8.44. The molecule has 2 rings (SSSR count). The van der Waals surface area contributed by atoms with E-state index in [2.05, 4.69) is 69.8 Å². The zero-order chi connectivity index (χ0) is 20.1. The molecule has 0 bridgehead atoms. The van der Waals surface area contributed by atoms with Gasteiger partial charge < -0.3 is 11.1 Å². The summed E-state index contributed by atoms with van der Waals surface area (Å²) >= 11 is 0. The van der Waals surface area contributed by atoms with Gasteiger partial charge in [0, 0.05) is 17.9 Å². The summed E-state index contributed by atoms with van der Waals surface area (Å²) in [5.41, 5.74) is 10.5. The number of rotatable bonds is 3. The van der Waals surface area contributed by atoms with Crippen LogP contribution in [0.5, 0.6) is 0 Å². The molecule has 0 saturated carbocycles. The Kier molecular flexibility index (Phi) is 7.19. The van der Waals surface area contributed by atoms with Crippen molar-refractivity contribution in [3.8, 4) is 0 Å². The van der Waals surface area contributed by atoms with E-state index in [-0.39, 0.29) is 5.54 Å². The number of hydrogen-bond donors (Lipinski definition) is 2. The first-order valence-electron chi connectivity index (χ1n) is 9.19. The summed E-state index contributed by atoms with van der Waals surface area (Å²) in [6, 6.07) is 4.19. The molecule has 0 fully saturated rings. The molecule has 0 radical (unpaired) electrons. The zero-order valence-corrected chi connectivity index (χ0v) is 18.0. The van der Waals surface area contributed by atoms with E-state index >= 15 is 0 Å². The van der Waals surface area contributed by atoms with Gasteiger partial charge in [-0.3, -0.25) is 0 Å². The molecule has 4 heteroatoms. The van der Waals surface area contributed by atoms with E-state index in [1.54, 1.807) is 6.20 Å². The molecule has 0 aromatic carbocycles. The van der Waals surface area contributed by atoms with Gasteiger partial charge in [0.15, 0.2) is 0 Å². The first kappa shape index (κ1) is 21.9. The molecule has 0 unspecified atom stereocenters. The number of hydrogen-bond acceptors (Lipinski definition) is 4. The molecule has 0 aliphatic heterocycles. The highest BCUT2D eigenvalue weighted by Crippen LogP contribution is 2.30. The highest BCUT2D eigenvalue weighted by atomic mass is 15.0. The second-order valence-electron chi connectivity index (χ2n) is 9.14. The van der Waals surface area contributed by atoms with Gasteiger partial charge in [-0.25, -0.2) is 9.97 Å². The minimum absolute atomic E-state index is 0.0608. The minimum Gasteiger partial charge on any atom is -0.383 e. The van der Waals surface area contributed by atoms with E-state index < -0.39 is 0 Å². The quantitative estimate of drug-likeness (QED) is 0.750. The summed E-state index contributed by atoms with van der Waals surface area (Å²) in [6.07, 6.45) is 4.79. The van der Waals surface area contributed by atoms with Gasteiger partial charge in [-0.15, -0.1) is 0 Å². The van der Waals surface area contributed by atoms with E-state index in [0.717, 1.165) is 23.4 Å². The van der Waals surface area contributed by atoms with Crippen molar-refractivity contribution in [1.29, 1.82) is 0 Å². The van der Waals surface area contributed by atoms with Gasteiger partial charge in [-0.05, 0) is 75.6 Å². The summed E-state index contributed by atoms with van der Waals surface area (Å²) < 4.78 is 0. The Labute approximate surface area is 159 Å². The van der Waals surface area contributed by atoms with Crippen molar-refractivity contribution in [2.45, 2.75) is 74.3 Å². The molecule has 4 nitrogen and oxygen atoms in total. The first-order valence-corrected chi connectivity index (χ1v) is 9.19. The third kappa shape index (κ3) is 7.85. The van der Waals surface area contributed by atoms with E-state index in [0.29, 0.717) is 11.2 Å². The van der Waals surface area contributed by atoms with Crippen LogP contribution in [0.2, 0.25) is 0 Å². The lowest BCUT2D eigenvalue weighted by Crippen LogP contribution is -2.36. The number of nitrogen functional groups attached to an aromatic ring is 1. The van der Waals surface area contributed by atoms with Gasteiger partial charge in [0.2, 0.25) is 0 Å². The van der Waals surface area contributed by atoms with Crippen molar-refractivity contribution >= 4 is 11.6 Å². The normalized spacial score (nSPS) is 11.6. The molecule has 0 saturated heterocycles. The molecular weight excluding hydrogens is 320 g/mol. The number of aryl methyl sites for hydroxylation is 4. The lowest BCUT2D eigenvalue weighted by Gasteiger charge is -2.34. The number of nitrogens with two attached hydrogens (primary N) is 1. The van der Waals surface area contributed by atoms with Crippen LogP contribution in [-0.2, 0) is 0 Å². The fraction of sp³-hybridized carbons (Fsp3) is 0.545. The molecule has 2 aromatic rings. The van der Waals surface area contributed by atoms with Crippen LogP contribution >= 0.6 is 0 Å². The summed E-state index contributed by atoms with van der Waals surface area (Å²) in [5, 5.41) is 3.56. The predicted octanol–water partition coefficient (Wildman–Crippen LogP) is 5.61. The molecular formula is C22H36N4. The minimum atomic E-state index is 0.0608. The van der Waals surface area contributed by atoms with Crippen molar-refractivity contribution in [2.24, 2.45) is 5.41 Å². The SMILES string of the molecule is Cc1cnc(N)c(C)c1.Cc1cnc(NC(C)(C)CC(C)(C)C)c(C)c1. The second-order valence-corrected chi connectivity index (χ2v) is 9.14. The Morgan fingerprint density at radius 2 is 1.35 bits per heavy atom. The molecule has 0 aliphatic rings. The van der Waals surface area contributed by atoms with E-state index in [1.807, 2.05) is 26.1 Å². The van der Waals surface area contributed by atoms with Crippen LogP contribution in [0.4, 0.5) is 11.6 Å². The lowest BCUT2D eigenvalue weighted by atomic mass is 9.82. The lowest BCUT2D eigenvalue weighted by molar-refractivity contribution is 0.302. The number of aromatic nitrogens is 2. The molecule has 3 N–H and O–H groups in total. The van der Waals surface area contributed by atoms with Gasteiger partial charge in [-0.1, -0.05) is 32.9 Å². The van der Waals surface area contributed by atoms with E-state index in [1.165, 1.54) is 11.1 Å². The van der Waals surface area contributed by atoms with Crippen LogP contribution in [0.25, 0.3) is 0 Å². The average Bonchev–Trinajstić information content (AvgIpc) is 2.44. The molecule has 26 heavy (non-hydrogen) atoms. The van der Waals surface area contributed by atoms with Crippen molar-refractivity contribution in [3.63, 3.8) is 0 Å². The van der Waals surface area contributed by atoms with Crippen molar-refractivity contribution in [3.05, 3.63) is 46.8 Å². The smallest absolute Gasteiger partial charge is 0.129 e. The van der Waals surface area contributed by atoms with Crippen LogP contribution in [0.1, 0.15) is 63.3 Å². The largest absolute Gasteiger partial charge is 0.383 e. The molecule has 0 spiro atoms. The first-order chi connectivity index (χ1) is 11.8. The molecule has 2 heterocycles. The van der Waals surface area contributed by atoms with Crippen LogP contribution in [-0.4, -0.2) is 15.5 Å². The zero-order valence-electron chi connectivity index (χ0n) is 18.0. The van der Waals surface area contributed by atoms with Crippen LogP contribution in [0.15, 0.2) is 24.5 Å². The molecule has 0 atom stereocenters. The number of nitrogens with zero attached hydrogens (tertiary/aromatic N) is 2. The third-order valence-corrected chi connectivity index (χ3v) is 3.90. The van der Waals surface area contributed by atoms with Crippen LogP contribution < -0.4 is 11.1 Å². The second kappa shape index (κ2) is 8.52. The Morgan fingerprint density at radius 1 is 0.846 bits per heavy atom. The molecule has 0 amide bonds. The summed E-state index contributed by atoms with van der Waals surface area (Å²) in [5.74, 6) is 1.63. The highest BCUT2D eigenvalue weighted by Gasteiger charge is 2.25. The van der Waals surface area contributed by atoms with Gasteiger partial charge in [0.25, 0.3) is 0 Å². The maximum Gasteiger partial charge on any atom is 0.129 e. The van der Waals surface area contributed by atoms with E-state index in [4.69, 9.17) is 5.73 Å². The van der Waals surface area contributed by atoms with Crippen molar-refractivity contribution in [1.82, 2.24) is 9.97 Å². The number of anilines is 2. The average molecular weight is 357 g/mol. The summed E-state index contributed by atoms with van der Waals surface area (Å²) in [7, 11) is 0. The Bertz CT molecular complexity index is 727.